The number of nitrogens with zero attached hydrogens (tertiary/aromatic N) is 3. The highest BCUT2D eigenvalue weighted by molar-refractivity contribution is 7.92. The Morgan fingerprint density at radius 3 is 2.33 bits per heavy atom. The lowest BCUT2D eigenvalue weighted by atomic mass is 9.86. The summed E-state index contributed by atoms with van der Waals surface area (Å²) < 4.78 is 50.1. The largest absolute Gasteiger partial charge is 0.619 e. The van der Waals surface area contributed by atoms with Crippen molar-refractivity contribution in [3.05, 3.63) is 117 Å². The van der Waals surface area contributed by atoms with Crippen LogP contribution in [0.25, 0.3) is 0 Å². The molecule has 2 atom stereocenters. The minimum absolute atomic E-state index is 0.00703. The number of hydrogen-bond donors (Lipinski definition) is 1. The maximum Gasteiger partial charge on any atom is 0.414 e. The number of aromatic nitrogens is 1. The van der Waals surface area contributed by atoms with E-state index in [0.29, 0.717) is 45.2 Å². The van der Waals surface area contributed by atoms with Crippen molar-refractivity contribution in [2.75, 3.05) is 49.7 Å². The molecule has 54 heavy (non-hydrogen) atoms. The Morgan fingerprint density at radius 1 is 0.981 bits per heavy atom. The van der Waals surface area contributed by atoms with E-state index in [0.717, 1.165) is 32.2 Å². The number of carbonyl (C=O) groups excluding carboxylic acids is 2. The van der Waals surface area contributed by atoms with Gasteiger partial charge in [-0.25, -0.2) is 18.0 Å². The minimum atomic E-state index is -3.59. The number of piperidine rings is 3. The fourth-order valence-corrected chi connectivity index (χ4v) is 7.97. The van der Waals surface area contributed by atoms with Gasteiger partial charge in [0.15, 0.2) is 23.9 Å². The van der Waals surface area contributed by atoms with Gasteiger partial charge in [0.2, 0.25) is 10.0 Å². The SMILES string of the molecule is COc1ccc(C(Cc2c(Cl)c[n+]([O-])cc2Cl)OC(=O)c2cccc(CN(C(=O)O[C@H]3CN4CCC3CC4)c3cccc(NS(C)(=O)=O)c3)c2)cc1OC. The fraction of sp³-hybridized carbons (Fsp3) is 0.342. The van der Waals surface area contributed by atoms with E-state index in [9.17, 15) is 23.2 Å². The zero-order valence-electron chi connectivity index (χ0n) is 29.9. The predicted octanol–water partition coefficient (Wildman–Crippen LogP) is 6.39. The van der Waals surface area contributed by atoms with Gasteiger partial charge in [0.25, 0.3) is 0 Å². The molecule has 1 aromatic heterocycles. The molecule has 1 amide bonds. The molecular formula is C38H40Cl2N4O9S. The van der Waals surface area contributed by atoms with E-state index >= 15 is 0 Å². The zero-order chi connectivity index (χ0) is 38.6. The summed E-state index contributed by atoms with van der Waals surface area (Å²) in [6.45, 7) is 2.59. The molecule has 4 aromatic rings. The Hall–Kier alpha value is -4.76. The molecule has 1 N–H and O–H groups in total. The van der Waals surface area contributed by atoms with Crippen molar-refractivity contribution >= 4 is 56.7 Å². The summed E-state index contributed by atoms with van der Waals surface area (Å²) in [7, 11) is -0.599. The van der Waals surface area contributed by atoms with Crippen LogP contribution in [0, 0.1) is 11.1 Å². The van der Waals surface area contributed by atoms with E-state index < -0.39 is 28.2 Å². The van der Waals surface area contributed by atoms with E-state index in [4.69, 9.17) is 42.1 Å². The van der Waals surface area contributed by atoms with Gasteiger partial charge in [-0.05, 0) is 85.4 Å². The van der Waals surface area contributed by atoms with Gasteiger partial charge < -0.3 is 24.2 Å². The molecule has 0 radical (unpaired) electrons. The summed E-state index contributed by atoms with van der Waals surface area (Å²) in [5.74, 6) is 0.454. The van der Waals surface area contributed by atoms with Crippen LogP contribution in [0.4, 0.5) is 16.2 Å². The van der Waals surface area contributed by atoms with Gasteiger partial charge in [0.05, 0.1) is 38.3 Å². The second kappa shape index (κ2) is 16.7. The number of carbonyl (C=O) groups is 2. The van der Waals surface area contributed by atoms with Crippen LogP contribution in [0.2, 0.25) is 10.0 Å². The van der Waals surface area contributed by atoms with Crippen molar-refractivity contribution in [2.24, 2.45) is 5.92 Å². The number of benzene rings is 3. The van der Waals surface area contributed by atoms with Crippen LogP contribution in [0.15, 0.2) is 79.1 Å². The van der Waals surface area contributed by atoms with Crippen molar-refractivity contribution in [2.45, 2.75) is 38.0 Å². The average molecular weight is 800 g/mol. The Morgan fingerprint density at radius 2 is 1.69 bits per heavy atom. The normalized spacial score (nSPS) is 18.4. The molecule has 3 fully saturated rings. The number of nitrogens with one attached hydrogen (secondary N) is 1. The van der Waals surface area contributed by atoms with Crippen molar-refractivity contribution in [1.82, 2.24) is 4.90 Å². The third-order valence-corrected chi connectivity index (χ3v) is 10.8. The van der Waals surface area contributed by atoms with Crippen molar-refractivity contribution < 1.29 is 41.7 Å². The van der Waals surface area contributed by atoms with Crippen molar-refractivity contribution in [1.29, 1.82) is 0 Å². The number of ether oxygens (including phenoxy) is 4. The monoisotopic (exact) mass is 798 g/mol. The van der Waals surface area contributed by atoms with Crippen LogP contribution in [-0.2, 0) is 32.5 Å². The van der Waals surface area contributed by atoms with Crippen LogP contribution in [0.1, 0.15) is 46.0 Å². The number of fused-ring (bicyclic) bond motifs is 3. The standard InChI is InChI=1S/C38H40Cl2N4O9S/c1-50-33-11-10-26(17-35(33)51-2)34(19-30-31(39)21-43(47)22-32(30)40)52-37(45)27-7-4-6-24(16-27)20-44(29-9-5-8-28(18-29)41-54(3,48)49)38(46)53-36-23-42-14-12-25(36)13-15-42/h4-11,16-18,21-22,25,34,36,41H,12-15,19-20,23H2,1-3H3/t34?,36-/m0/s1. The summed E-state index contributed by atoms with van der Waals surface area (Å²) in [5.41, 5.74) is 2.39. The lowest BCUT2D eigenvalue weighted by Gasteiger charge is -2.44. The molecule has 0 aliphatic carbocycles. The number of methoxy groups -OCH3 is 2. The third kappa shape index (κ3) is 9.48. The molecule has 0 spiro atoms. The Bertz CT molecular complexity index is 2110. The van der Waals surface area contributed by atoms with Crippen LogP contribution in [0.3, 0.4) is 0 Å². The van der Waals surface area contributed by atoms with Gasteiger partial charge in [-0.15, -0.1) is 0 Å². The molecule has 3 aromatic carbocycles. The fourth-order valence-electron chi connectivity index (χ4n) is 6.82. The van der Waals surface area contributed by atoms with Crippen LogP contribution in [0.5, 0.6) is 11.5 Å². The molecule has 13 nitrogen and oxygen atoms in total. The first kappa shape index (κ1) is 38.9. The summed E-state index contributed by atoms with van der Waals surface area (Å²) in [6.07, 6.45) is 3.49. The van der Waals surface area contributed by atoms with E-state index in [1.165, 1.54) is 31.5 Å². The molecule has 1 unspecified atom stereocenters. The topological polar surface area (TPSA) is 151 Å². The van der Waals surface area contributed by atoms with Crippen molar-refractivity contribution in [3.63, 3.8) is 0 Å². The Balaban J connectivity index is 1.28. The van der Waals surface area contributed by atoms with Gasteiger partial charge in [-0.1, -0.05) is 47.5 Å². The van der Waals surface area contributed by atoms with E-state index in [1.54, 1.807) is 66.7 Å². The number of rotatable bonds is 13. The predicted molar refractivity (Wildman–Crippen MR) is 204 cm³/mol. The van der Waals surface area contributed by atoms with E-state index in [1.807, 2.05) is 0 Å². The van der Waals surface area contributed by atoms with Crippen LogP contribution >= 0.6 is 23.2 Å². The Labute approximate surface area is 323 Å². The number of sulfonamides is 1. The van der Waals surface area contributed by atoms with E-state index in [-0.39, 0.29) is 46.3 Å². The maximum atomic E-state index is 14.0. The molecule has 7 rings (SSSR count). The number of hydrogen-bond acceptors (Lipinski definition) is 10. The van der Waals surface area contributed by atoms with Gasteiger partial charge in [0.1, 0.15) is 22.3 Å². The quantitative estimate of drug-likeness (QED) is 0.0916. The third-order valence-electron chi connectivity index (χ3n) is 9.51. The van der Waals surface area contributed by atoms with Gasteiger partial charge in [-0.3, -0.25) is 14.5 Å². The highest BCUT2D eigenvalue weighted by Crippen LogP contribution is 2.36. The van der Waals surface area contributed by atoms with Crippen LogP contribution < -0.4 is 23.8 Å². The smallest absolute Gasteiger partial charge is 0.414 e. The molecule has 3 saturated heterocycles. The molecule has 16 heteroatoms. The molecule has 3 aliphatic heterocycles. The lowest BCUT2D eigenvalue weighted by molar-refractivity contribution is -0.605. The van der Waals surface area contributed by atoms with Crippen LogP contribution in [-0.4, -0.2) is 71.6 Å². The summed E-state index contributed by atoms with van der Waals surface area (Å²) in [5, 5.41) is 12.1. The van der Waals surface area contributed by atoms with Gasteiger partial charge >= 0.3 is 12.1 Å². The minimum Gasteiger partial charge on any atom is -0.619 e. The highest BCUT2D eigenvalue weighted by Gasteiger charge is 2.37. The number of amides is 1. The first-order valence-corrected chi connectivity index (χ1v) is 19.8. The lowest BCUT2D eigenvalue weighted by Crippen LogP contribution is -2.53. The first-order valence-electron chi connectivity index (χ1n) is 17.2. The number of anilines is 2. The average Bonchev–Trinajstić information content (AvgIpc) is 3.14. The van der Waals surface area contributed by atoms with Crippen molar-refractivity contribution in [3.8, 4) is 11.5 Å². The summed E-state index contributed by atoms with van der Waals surface area (Å²) >= 11 is 12.8. The number of pyridine rings is 1. The summed E-state index contributed by atoms with van der Waals surface area (Å²) in [6, 6.07) is 18.2. The number of esters is 1. The molecular weight excluding hydrogens is 759 g/mol. The second-order valence-electron chi connectivity index (χ2n) is 13.3. The van der Waals surface area contributed by atoms with Gasteiger partial charge in [0, 0.05) is 24.2 Å². The number of halogens is 2. The molecule has 4 heterocycles. The maximum absolute atomic E-state index is 14.0. The van der Waals surface area contributed by atoms with E-state index in [2.05, 4.69) is 9.62 Å². The molecule has 2 bridgehead atoms. The second-order valence-corrected chi connectivity index (χ2v) is 15.8. The molecule has 0 saturated carbocycles. The molecule has 3 aliphatic rings. The highest BCUT2D eigenvalue weighted by atomic mass is 35.5. The molecule has 286 valence electrons. The zero-order valence-corrected chi connectivity index (χ0v) is 32.2. The van der Waals surface area contributed by atoms with Gasteiger partial charge in [-0.2, -0.15) is 4.73 Å². The first-order chi connectivity index (χ1) is 25.8. The Kier molecular flexibility index (Phi) is 12.1. The summed E-state index contributed by atoms with van der Waals surface area (Å²) in [4.78, 5) is 31.6.